The zero-order valence-electron chi connectivity index (χ0n) is 14.7. The Morgan fingerprint density at radius 1 is 1.15 bits per heavy atom. The summed E-state index contributed by atoms with van der Waals surface area (Å²) in [7, 11) is 0. The molecule has 1 unspecified atom stereocenters. The third-order valence-corrected chi connectivity index (χ3v) is 3.58. The first kappa shape index (κ1) is 19.0. The fraction of sp³-hybridized carbons (Fsp3) is 0.250. The highest BCUT2D eigenvalue weighted by atomic mass is 16.5. The zero-order chi connectivity index (χ0) is 18.9. The van der Waals surface area contributed by atoms with Crippen LogP contribution in [0.4, 0.5) is 5.69 Å². The van der Waals surface area contributed by atoms with Gasteiger partial charge in [-0.25, -0.2) is 0 Å². The van der Waals surface area contributed by atoms with Crippen molar-refractivity contribution in [1.29, 1.82) is 5.26 Å². The van der Waals surface area contributed by atoms with Gasteiger partial charge >= 0.3 is 5.97 Å². The monoisotopic (exact) mass is 352 g/mol. The molecule has 0 spiro atoms. The molecule has 6 nitrogen and oxygen atoms in total. The Morgan fingerprint density at radius 2 is 1.85 bits per heavy atom. The Hall–Kier alpha value is -3.33. The lowest BCUT2D eigenvalue weighted by Crippen LogP contribution is -2.30. The van der Waals surface area contributed by atoms with Crippen LogP contribution in [0.1, 0.15) is 24.5 Å². The van der Waals surface area contributed by atoms with Crippen molar-refractivity contribution in [2.24, 2.45) is 0 Å². The number of hydrogen-bond acceptors (Lipinski definition) is 5. The first-order valence-electron chi connectivity index (χ1n) is 8.18. The van der Waals surface area contributed by atoms with Crippen LogP contribution in [0.25, 0.3) is 0 Å². The van der Waals surface area contributed by atoms with Gasteiger partial charge in [0, 0.05) is 0 Å². The van der Waals surface area contributed by atoms with Crippen molar-refractivity contribution >= 4 is 17.6 Å². The lowest BCUT2D eigenvalue weighted by atomic mass is 10.2. The van der Waals surface area contributed by atoms with Gasteiger partial charge in [0.2, 0.25) is 0 Å². The molecule has 0 radical (unpaired) electrons. The maximum Gasteiger partial charge on any atom is 0.310 e. The minimum absolute atomic E-state index is 0.0281. The predicted octanol–water partition coefficient (Wildman–Crippen LogP) is 3.21. The van der Waals surface area contributed by atoms with Crippen molar-refractivity contribution in [3.8, 4) is 11.8 Å². The van der Waals surface area contributed by atoms with E-state index in [0.29, 0.717) is 17.0 Å². The number of esters is 1. The number of para-hydroxylation sites is 1. The van der Waals surface area contributed by atoms with Crippen LogP contribution in [0.5, 0.6) is 5.75 Å². The summed E-state index contributed by atoms with van der Waals surface area (Å²) in [6, 6.07) is 16.1. The fourth-order valence-corrected chi connectivity index (χ4v) is 2.12. The number of nitriles is 1. The highest BCUT2D eigenvalue weighted by Crippen LogP contribution is 2.14. The third kappa shape index (κ3) is 5.64. The Balaban J connectivity index is 1.78. The van der Waals surface area contributed by atoms with Crippen molar-refractivity contribution in [3.05, 3.63) is 59.7 Å². The lowest BCUT2D eigenvalue weighted by Gasteiger charge is -2.14. The molecular weight excluding hydrogens is 332 g/mol. The maximum atomic E-state index is 12.1. The highest BCUT2D eigenvalue weighted by molar-refractivity contribution is 5.96. The molecule has 134 valence electrons. The largest absolute Gasteiger partial charge is 0.493 e. The predicted molar refractivity (Wildman–Crippen MR) is 96.6 cm³/mol. The Morgan fingerprint density at radius 3 is 2.54 bits per heavy atom. The summed E-state index contributed by atoms with van der Waals surface area (Å²) >= 11 is 0. The normalized spacial score (nSPS) is 11.1. The molecule has 26 heavy (non-hydrogen) atoms. The number of aryl methyl sites for hydroxylation is 1. The Kier molecular flexibility index (Phi) is 6.75. The zero-order valence-corrected chi connectivity index (χ0v) is 14.7. The Bertz CT molecular complexity index is 809. The molecule has 0 aliphatic heterocycles. The minimum Gasteiger partial charge on any atom is -0.493 e. The molecule has 0 fully saturated rings. The van der Waals surface area contributed by atoms with Crippen LogP contribution in [-0.2, 0) is 14.3 Å². The second-order valence-electron chi connectivity index (χ2n) is 5.69. The molecule has 0 saturated heterocycles. The number of benzene rings is 2. The lowest BCUT2D eigenvalue weighted by molar-refractivity contribution is -0.153. The smallest absolute Gasteiger partial charge is 0.310 e. The van der Waals surface area contributed by atoms with E-state index in [1.165, 1.54) is 6.92 Å². The van der Waals surface area contributed by atoms with E-state index in [2.05, 4.69) is 5.32 Å². The number of amides is 1. The number of rotatable bonds is 7. The second kappa shape index (κ2) is 9.23. The first-order chi connectivity index (χ1) is 12.5. The molecule has 0 aliphatic rings. The van der Waals surface area contributed by atoms with Crippen LogP contribution < -0.4 is 10.1 Å². The minimum atomic E-state index is -0.978. The van der Waals surface area contributed by atoms with E-state index in [1.807, 2.05) is 37.3 Å². The molecule has 0 aliphatic carbocycles. The quantitative estimate of drug-likeness (QED) is 0.773. The summed E-state index contributed by atoms with van der Waals surface area (Å²) in [5.74, 6) is -0.365. The van der Waals surface area contributed by atoms with Gasteiger partial charge in [-0.3, -0.25) is 9.59 Å². The molecule has 2 rings (SSSR count). The van der Waals surface area contributed by atoms with Crippen molar-refractivity contribution < 1.29 is 19.1 Å². The van der Waals surface area contributed by atoms with E-state index < -0.39 is 18.0 Å². The summed E-state index contributed by atoms with van der Waals surface area (Å²) in [4.78, 5) is 24.0. The maximum absolute atomic E-state index is 12.1. The van der Waals surface area contributed by atoms with Gasteiger partial charge in [-0.05, 0) is 38.1 Å². The van der Waals surface area contributed by atoms with Crippen LogP contribution >= 0.6 is 0 Å². The average Bonchev–Trinajstić information content (AvgIpc) is 2.63. The van der Waals surface area contributed by atoms with Gasteiger partial charge < -0.3 is 14.8 Å². The number of carbonyl (C=O) groups is 2. The number of hydrogen-bond donors (Lipinski definition) is 1. The topological polar surface area (TPSA) is 88.4 Å². The summed E-state index contributed by atoms with van der Waals surface area (Å²) in [5, 5.41) is 11.6. The standard InChI is InChI=1S/C20H20N2O4/c1-14-7-9-17(10-8-14)25-12-11-19(23)26-15(2)20(24)22-18-6-4-3-5-16(18)13-21/h3-10,15H,11-12H2,1-2H3,(H,22,24). The van der Waals surface area contributed by atoms with Gasteiger partial charge in [-0.1, -0.05) is 29.8 Å². The molecule has 0 bridgehead atoms. The molecule has 0 saturated carbocycles. The molecule has 0 aromatic heterocycles. The molecule has 1 amide bonds. The van der Waals surface area contributed by atoms with E-state index in [1.54, 1.807) is 24.3 Å². The molecule has 2 aromatic carbocycles. The van der Waals surface area contributed by atoms with E-state index in [0.717, 1.165) is 5.56 Å². The van der Waals surface area contributed by atoms with Crippen molar-refractivity contribution in [1.82, 2.24) is 0 Å². The van der Waals surface area contributed by atoms with Gasteiger partial charge in [-0.15, -0.1) is 0 Å². The molecule has 1 N–H and O–H groups in total. The Labute approximate surface area is 152 Å². The van der Waals surface area contributed by atoms with Crippen molar-refractivity contribution in [2.75, 3.05) is 11.9 Å². The van der Waals surface area contributed by atoms with Crippen molar-refractivity contribution in [3.63, 3.8) is 0 Å². The summed E-state index contributed by atoms with van der Waals surface area (Å²) in [6.07, 6.45) is -0.950. The number of nitrogens with zero attached hydrogens (tertiary/aromatic N) is 1. The van der Waals surface area contributed by atoms with Crippen LogP contribution in [0.2, 0.25) is 0 Å². The molecule has 2 aromatic rings. The van der Waals surface area contributed by atoms with Gasteiger partial charge in [-0.2, -0.15) is 5.26 Å². The number of nitrogens with one attached hydrogen (secondary N) is 1. The molecule has 1 atom stereocenters. The van der Waals surface area contributed by atoms with Gasteiger partial charge in [0.25, 0.3) is 5.91 Å². The van der Waals surface area contributed by atoms with E-state index in [9.17, 15) is 9.59 Å². The van der Waals surface area contributed by atoms with Gasteiger partial charge in [0.05, 0.1) is 24.3 Å². The van der Waals surface area contributed by atoms with Crippen LogP contribution in [0.15, 0.2) is 48.5 Å². The number of ether oxygens (including phenoxy) is 2. The molecule has 0 heterocycles. The average molecular weight is 352 g/mol. The van der Waals surface area contributed by atoms with E-state index >= 15 is 0 Å². The molecule has 6 heteroatoms. The second-order valence-corrected chi connectivity index (χ2v) is 5.69. The summed E-state index contributed by atoms with van der Waals surface area (Å²) in [5.41, 5.74) is 1.84. The van der Waals surface area contributed by atoms with Gasteiger partial charge in [0.15, 0.2) is 6.10 Å². The van der Waals surface area contributed by atoms with Gasteiger partial charge in [0.1, 0.15) is 11.8 Å². The van der Waals surface area contributed by atoms with E-state index in [4.69, 9.17) is 14.7 Å². The molecular formula is C20H20N2O4. The number of carbonyl (C=O) groups excluding carboxylic acids is 2. The van der Waals surface area contributed by atoms with Crippen LogP contribution in [-0.4, -0.2) is 24.6 Å². The number of anilines is 1. The fourth-order valence-electron chi connectivity index (χ4n) is 2.12. The third-order valence-electron chi connectivity index (χ3n) is 3.58. The SMILES string of the molecule is Cc1ccc(OCCC(=O)OC(C)C(=O)Nc2ccccc2C#N)cc1. The highest BCUT2D eigenvalue weighted by Gasteiger charge is 2.18. The summed E-state index contributed by atoms with van der Waals surface area (Å²) in [6.45, 7) is 3.61. The van der Waals surface area contributed by atoms with E-state index in [-0.39, 0.29) is 13.0 Å². The van der Waals surface area contributed by atoms with Crippen molar-refractivity contribution in [2.45, 2.75) is 26.4 Å². The summed E-state index contributed by atoms with van der Waals surface area (Å²) < 4.78 is 10.6. The van der Waals surface area contributed by atoms with Crippen LogP contribution in [0.3, 0.4) is 0 Å². The first-order valence-corrected chi connectivity index (χ1v) is 8.18. The van der Waals surface area contributed by atoms with Crippen LogP contribution in [0, 0.1) is 18.3 Å².